The Labute approximate surface area is 127 Å². The highest BCUT2D eigenvalue weighted by molar-refractivity contribution is 6.36. The Bertz CT molecular complexity index is 534. The number of amides is 1. The van der Waals surface area contributed by atoms with E-state index in [0.29, 0.717) is 5.02 Å². The van der Waals surface area contributed by atoms with Crippen molar-refractivity contribution in [3.63, 3.8) is 0 Å². The smallest absolute Gasteiger partial charge is 0.275 e. The monoisotopic (exact) mass is 314 g/mol. The first-order chi connectivity index (χ1) is 9.58. The number of halogens is 2. The zero-order valence-electron chi connectivity index (χ0n) is 11.0. The first-order valence-corrected chi connectivity index (χ1v) is 7.37. The van der Waals surface area contributed by atoms with Crippen molar-refractivity contribution in [3.05, 3.63) is 27.7 Å². The molecular formula is C14H16Cl2N2O2. The molecule has 0 bridgehead atoms. The molecule has 0 unspecified atom stereocenters. The van der Waals surface area contributed by atoms with Gasteiger partial charge in [-0.3, -0.25) is 4.79 Å². The molecule has 0 aliphatic heterocycles. The molecule has 0 heterocycles. The third-order valence-electron chi connectivity index (χ3n) is 3.27. The highest BCUT2D eigenvalue weighted by atomic mass is 35.5. The lowest BCUT2D eigenvalue weighted by Gasteiger charge is -2.07. The van der Waals surface area contributed by atoms with Crippen molar-refractivity contribution >= 4 is 34.8 Å². The van der Waals surface area contributed by atoms with E-state index < -0.39 is 5.91 Å². The highest BCUT2D eigenvalue weighted by Crippen LogP contribution is 2.31. The van der Waals surface area contributed by atoms with Gasteiger partial charge in [0, 0.05) is 10.7 Å². The van der Waals surface area contributed by atoms with E-state index in [9.17, 15) is 9.90 Å². The van der Waals surface area contributed by atoms with Crippen LogP contribution in [0.5, 0.6) is 5.75 Å². The van der Waals surface area contributed by atoms with Crippen LogP contribution in [0.25, 0.3) is 0 Å². The summed E-state index contributed by atoms with van der Waals surface area (Å²) in [5.41, 5.74) is 3.48. The van der Waals surface area contributed by atoms with Crippen LogP contribution in [0.1, 0.15) is 48.9 Å². The van der Waals surface area contributed by atoms with Crippen molar-refractivity contribution in [2.45, 2.75) is 38.5 Å². The van der Waals surface area contributed by atoms with Crippen molar-refractivity contribution in [3.8, 4) is 5.75 Å². The second-order valence-electron chi connectivity index (χ2n) is 4.82. The fourth-order valence-corrected chi connectivity index (χ4v) is 2.67. The maximum atomic E-state index is 12.0. The lowest BCUT2D eigenvalue weighted by Crippen LogP contribution is -2.20. The number of hydrazone groups is 1. The summed E-state index contributed by atoms with van der Waals surface area (Å²) < 4.78 is 0. The number of phenolic OH excluding ortho intramolecular Hbond substituents is 1. The molecule has 2 N–H and O–H groups in total. The number of hydrogen-bond donors (Lipinski definition) is 2. The topological polar surface area (TPSA) is 61.7 Å². The van der Waals surface area contributed by atoms with Crippen molar-refractivity contribution in [2.75, 3.05) is 0 Å². The van der Waals surface area contributed by atoms with Gasteiger partial charge in [0.1, 0.15) is 5.75 Å². The van der Waals surface area contributed by atoms with Crippen molar-refractivity contribution < 1.29 is 9.90 Å². The summed E-state index contributed by atoms with van der Waals surface area (Å²) in [5, 5.41) is 14.3. The van der Waals surface area contributed by atoms with E-state index in [1.54, 1.807) is 0 Å². The summed E-state index contributed by atoms with van der Waals surface area (Å²) in [6.45, 7) is 0. The molecule has 1 amide bonds. The molecule has 1 fully saturated rings. The molecule has 1 aromatic carbocycles. The van der Waals surface area contributed by atoms with Crippen molar-refractivity contribution in [1.82, 2.24) is 5.43 Å². The third kappa shape index (κ3) is 3.87. The number of phenols is 1. The van der Waals surface area contributed by atoms with Crippen LogP contribution in [0.4, 0.5) is 0 Å². The van der Waals surface area contributed by atoms with Crippen LogP contribution in [0.15, 0.2) is 17.2 Å². The van der Waals surface area contributed by atoms with Gasteiger partial charge >= 0.3 is 0 Å². The van der Waals surface area contributed by atoms with E-state index in [4.69, 9.17) is 23.2 Å². The predicted octanol–water partition coefficient (Wildman–Crippen LogP) is 4.14. The molecular weight excluding hydrogens is 299 g/mol. The third-order valence-corrected chi connectivity index (χ3v) is 3.78. The maximum Gasteiger partial charge on any atom is 0.275 e. The van der Waals surface area contributed by atoms with Crippen LogP contribution >= 0.6 is 23.2 Å². The van der Waals surface area contributed by atoms with Crippen LogP contribution in [0, 0.1) is 0 Å². The quantitative estimate of drug-likeness (QED) is 0.636. The first-order valence-electron chi connectivity index (χ1n) is 6.61. The van der Waals surface area contributed by atoms with Crippen molar-refractivity contribution in [2.24, 2.45) is 5.10 Å². The fraction of sp³-hybridized carbons (Fsp3) is 0.429. The van der Waals surface area contributed by atoms with Crippen LogP contribution in [0.3, 0.4) is 0 Å². The van der Waals surface area contributed by atoms with Crippen LogP contribution in [0.2, 0.25) is 10.0 Å². The lowest BCUT2D eigenvalue weighted by molar-refractivity contribution is 0.0952. The van der Waals surface area contributed by atoms with E-state index in [2.05, 4.69) is 10.5 Å². The van der Waals surface area contributed by atoms with Gasteiger partial charge < -0.3 is 5.11 Å². The largest absolute Gasteiger partial charge is 0.506 e. The minimum absolute atomic E-state index is 0.0282. The molecule has 1 aromatic rings. The Kier molecular flexibility index (Phi) is 5.26. The number of carbonyl (C=O) groups is 1. The highest BCUT2D eigenvalue weighted by Gasteiger charge is 2.15. The fourth-order valence-electron chi connectivity index (χ4n) is 2.18. The molecule has 1 aliphatic carbocycles. The Hall–Kier alpha value is -1.26. The zero-order chi connectivity index (χ0) is 14.5. The van der Waals surface area contributed by atoms with E-state index >= 15 is 0 Å². The molecule has 2 rings (SSSR count). The van der Waals surface area contributed by atoms with Gasteiger partial charge in [0.2, 0.25) is 0 Å². The summed E-state index contributed by atoms with van der Waals surface area (Å²) in [6.07, 6.45) is 6.42. The molecule has 1 aliphatic rings. The van der Waals surface area contributed by atoms with Crippen LogP contribution < -0.4 is 5.43 Å². The van der Waals surface area contributed by atoms with Gasteiger partial charge in [0.15, 0.2) is 0 Å². The molecule has 20 heavy (non-hydrogen) atoms. The second kappa shape index (κ2) is 6.95. The summed E-state index contributed by atoms with van der Waals surface area (Å²) in [7, 11) is 0. The Morgan fingerprint density at radius 1 is 1.15 bits per heavy atom. The first kappa shape index (κ1) is 15.1. The number of nitrogens with one attached hydrogen (secondary N) is 1. The van der Waals surface area contributed by atoms with Crippen LogP contribution in [-0.2, 0) is 0 Å². The van der Waals surface area contributed by atoms with Gasteiger partial charge in [-0.15, -0.1) is 0 Å². The summed E-state index contributed by atoms with van der Waals surface area (Å²) in [5.74, 6) is -0.793. The molecule has 108 valence electrons. The molecule has 0 radical (unpaired) electrons. The molecule has 0 spiro atoms. The molecule has 0 saturated heterocycles. The number of benzene rings is 1. The van der Waals surface area contributed by atoms with E-state index in [1.807, 2.05) is 0 Å². The minimum atomic E-state index is -0.511. The number of carbonyl (C=O) groups excluding carboxylic acids is 1. The van der Waals surface area contributed by atoms with Crippen LogP contribution in [-0.4, -0.2) is 16.7 Å². The number of rotatable bonds is 2. The summed E-state index contributed by atoms with van der Waals surface area (Å²) in [6, 6.07) is 2.75. The molecule has 1 saturated carbocycles. The Balaban J connectivity index is 2.10. The molecule has 0 aromatic heterocycles. The van der Waals surface area contributed by atoms with Gasteiger partial charge in [0.05, 0.1) is 10.6 Å². The van der Waals surface area contributed by atoms with Gasteiger partial charge in [-0.05, 0) is 37.8 Å². The number of hydrogen-bond acceptors (Lipinski definition) is 3. The van der Waals surface area contributed by atoms with Gasteiger partial charge in [-0.1, -0.05) is 36.0 Å². The zero-order valence-corrected chi connectivity index (χ0v) is 12.5. The molecule has 6 heteroatoms. The predicted molar refractivity (Wildman–Crippen MR) is 80.7 cm³/mol. The number of aromatic hydroxyl groups is 1. The number of nitrogens with zero attached hydrogens (tertiary/aromatic N) is 1. The van der Waals surface area contributed by atoms with E-state index in [-0.39, 0.29) is 16.3 Å². The summed E-state index contributed by atoms with van der Waals surface area (Å²) >= 11 is 11.6. The Morgan fingerprint density at radius 3 is 2.45 bits per heavy atom. The molecule has 4 nitrogen and oxygen atoms in total. The SMILES string of the molecule is O=C(NN=C1CCCCCC1)c1cc(Cl)cc(Cl)c1O. The average Bonchev–Trinajstić information content (AvgIpc) is 2.68. The minimum Gasteiger partial charge on any atom is -0.506 e. The standard InChI is InChI=1S/C14H16Cl2N2O2/c15-9-7-11(13(19)12(16)8-9)14(20)18-17-10-5-3-1-2-4-6-10/h7-8,19H,1-6H2,(H,18,20). The normalized spacial score (nSPS) is 15.6. The average molecular weight is 315 g/mol. The van der Waals surface area contributed by atoms with E-state index in [1.165, 1.54) is 25.0 Å². The summed E-state index contributed by atoms with van der Waals surface area (Å²) in [4.78, 5) is 12.0. The Morgan fingerprint density at radius 2 is 1.80 bits per heavy atom. The van der Waals surface area contributed by atoms with Gasteiger partial charge in [0.25, 0.3) is 5.91 Å². The van der Waals surface area contributed by atoms with Gasteiger partial charge in [-0.25, -0.2) is 5.43 Å². The molecule has 0 atom stereocenters. The van der Waals surface area contributed by atoms with Gasteiger partial charge in [-0.2, -0.15) is 5.10 Å². The van der Waals surface area contributed by atoms with Crippen molar-refractivity contribution in [1.29, 1.82) is 0 Å². The lowest BCUT2D eigenvalue weighted by atomic mass is 10.2. The second-order valence-corrected chi connectivity index (χ2v) is 5.66. The maximum absolute atomic E-state index is 12.0. The van der Waals surface area contributed by atoms with E-state index in [0.717, 1.165) is 31.4 Å².